The van der Waals surface area contributed by atoms with Crippen LogP contribution >= 0.6 is 0 Å². The minimum absolute atomic E-state index is 0.0374. The highest BCUT2D eigenvalue weighted by molar-refractivity contribution is 5.89. The molecule has 0 spiro atoms. The van der Waals surface area contributed by atoms with E-state index >= 15 is 0 Å². The van der Waals surface area contributed by atoms with Crippen molar-refractivity contribution in [3.8, 4) is 11.5 Å². The van der Waals surface area contributed by atoms with Crippen LogP contribution in [0.3, 0.4) is 0 Å². The minimum atomic E-state index is -0.497. The summed E-state index contributed by atoms with van der Waals surface area (Å²) in [7, 11) is 3.10. The number of nitro groups is 1. The quantitative estimate of drug-likeness (QED) is 0.616. The number of ether oxygens (including phenoxy) is 2. The number of nitrogens with zero attached hydrogens (tertiary/aromatic N) is 1. The molecule has 2 aromatic carbocycles. The third-order valence-electron chi connectivity index (χ3n) is 3.59. The lowest BCUT2D eigenvalue weighted by molar-refractivity contribution is -0.384. The minimum Gasteiger partial charge on any atom is -0.493 e. The number of methoxy groups -OCH3 is 2. The van der Waals surface area contributed by atoms with Gasteiger partial charge in [-0.25, -0.2) is 4.79 Å². The van der Waals surface area contributed by atoms with E-state index in [1.165, 1.54) is 24.3 Å². The molecule has 0 unspecified atom stereocenters. The number of carbonyl (C=O) groups is 1. The van der Waals surface area contributed by atoms with Gasteiger partial charge in [-0.3, -0.25) is 10.1 Å². The molecule has 0 radical (unpaired) electrons. The van der Waals surface area contributed by atoms with Crippen LogP contribution in [-0.4, -0.2) is 25.2 Å². The van der Waals surface area contributed by atoms with Crippen molar-refractivity contribution >= 4 is 17.4 Å². The van der Waals surface area contributed by atoms with Gasteiger partial charge in [0.1, 0.15) is 0 Å². The number of non-ortho nitro benzene ring substituents is 1. The zero-order valence-electron chi connectivity index (χ0n) is 14.1. The molecular weight excluding hydrogens is 326 g/mol. The second-order valence-electron chi connectivity index (χ2n) is 5.24. The van der Waals surface area contributed by atoms with Gasteiger partial charge in [0.25, 0.3) is 5.69 Å². The molecule has 132 valence electrons. The molecule has 0 aliphatic carbocycles. The Bertz CT molecular complexity index is 761. The van der Waals surface area contributed by atoms with Crippen molar-refractivity contribution in [1.29, 1.82) is 0 Å². The van der Waals surface area contributed by atoms with Gasteiger partial charge >= 0.3 is 6.03 Å². The van der Waals surface area contributed by atoms with Crippen LogP contribution < -0.4 is 20.1 Å². The van der Waals surface area contributed by atoms with Crippen molar-refractivity contribution < 1.29 is 19.2 Å². The predicted octanol–water partition coefficient (Wildman–Crippen LogP) is 3.49. The summed E-state index contributed by atoms with van der Waals surface area (Å²) in [5.41, 5.74) is 1.27. The molecule has 8 nitrogen and oxygen atoms in total. The summed E-state index contributed by atoms with van der Waals surface area (Å²) in [6.45, 7) is 1.83. The van der Waals surface area contributed by atoms with E-state index in [-0.39, 0.29) is 11.7 Å². The van der Waals surface area contributed by atoms with E-state index in [4.69, 9.17) is 9.47 Å². The number of urea groups is 1. The Hall–Kier alpha value is -3.29. The Balaban J connectivity index is 2.01. The van der Waals surface area contributed by atoms with Gasteiger partial charge in [-0.05, 0) is 36.8 Å². The van der Waals surface area contributed by atoms with Crippen LogP contribution in [-0.2, 0) is 0 Å². The fourth-order valence-electron chi connectivity index (χ4n) is 2.24. The molecule has 2 N–H and O–H groups in total. The maximum atomic E-state index is 12.1. The lowest BCUT2D eigenvalue weighted by Crippen LogP contribution is -2.31. The molecule has 8 heteroatoms. The molecule has 2 aromatic rings. The monoisotopic (exact) mass is 345 g/mol. The summed E-state index contributed by atoms with van der Waals surface area (Å²) < 4.78 is 10.4. The average Bonchev–Trinajstić information content (AvgIpc) is 2.61. The number of carbonyl (C=O) groups excluding carboxylic acids is 1. The topological polar surface area (TPSA) is 103 Å². The first-order valence-electron chi connectivity index (χ1n) is 7.48. The highest BCUT2D eigenvalue weighted by Gasteiger charge is 2.13. The second-order valence-corrected chi connectivity index (χ2v) is 5.24. The van der Waals surface area contributed by atoms with Crippen LogP contribution in [0.1, 0.15) is 18.5 Å². The molecular formula is C17H19N3O5. The van der Waals surface area contributed by atoms with Crippen molar-refractivity contribution in [2.75, 3.05) is 19.5 Å². The van der Waals surface area contributed by atoms with Crippen molar-refractivity contribution in [2.45, 2.75) is 13.0 Å². The van der Waals surface area contributed by atoms with Crippen LogP contribution in [0.25, 0.3) is 0 Å². The maximum absolute atomic E-state index is 12.1. The van der Waals surface area contributed by atoms with Gasteiger partial charge in [-0.1, -0.05) is 6.07 Å². The predicted molar refractivity (Wildman–Crippen MR) is 93.2 cm³/mol. The molecule has 0 bridgehead atoms. The van der Waals surface area contributed by atoms with Gasteiger partial charge in [-0.15, -0.1) is 0 Å². The Morgan fingerprint density at radius 3 is 2.28 bits per heavy atom. The Kier molecular flexibility index (Phi) is 5.78. The van der Waals surface area contributed by atoms with Crippen molar-refractivity contribution in [3.63, 3.8) is 0 Å². The number of nitro benzene ring substituents is 1. The molecule has 0 aromatic heterocycles. The number of hydrogen-bond acceptors (Lipinski definition) is 5. The van der Waals surface area contributed by atoms with Gasteiger partial charge in [-0.2, -0.15) is 0 Å². The van der Waals surface area contributed by atoms with E-state index in [9.17, 15) is 14.9 Å². The number of amides is 2. The summed E-state index contributed by atoms with van der Waals surface area (Å²) in [6.07, 6.45) is 0. The lowest BCUT2D eigenvalue weighted by atomic mass is 10.1. The molecule has 1 atom stereocenters. The number of nitrogens with one attached hydrogen (secondary N) is 2. The summed E-state index contributed by atoms with van der Waals surface area (Å²) in [4.78, 5) is 22.2. The fraction of sp³-hybridized carbons (Fsp3) is 0.235. The first kappa shape index (κ1) is 18.1. The zero-order chi connectivity index (χ0) is 18.4. The van der Waals surface area contributed by atoms with Crippen molar-refractivity contribution in [2.24, 2.45) is 0 Å². The number of benzene rings is 2. The normalized spacial score (nSPS) is 11.3. The molecule has 0 saturated heterocycles. The first-order chi connectivity index (χ1) is 11.9. The van der Waals surface area contributed by atoms with E-state index < -0.39 is 11.0 Å². The summed E-state index contributed by atoms with van der Waals surface area (Å²) >= 11 is 0. The molecule has 2 amide bonds. The summed E-state index contributed by atoms with van der Waals surface area (Å²) in [5, 5.41) is 16.0. The smallest absolute Gasteiger partial charge is 0.319 e. The fourth-order valence-corrected chi connectivity index (χ4v) is 2.24. The van der Waals surface area contributed by atoms with Crippen LogP contribution in [0.15, 0.2) is 42.5 Å². The SMILES string of the molecule is COc1ccc([C@@H](C)NC(=O)Nc2ccc([N+](=O)[O-])cc2)cc1OC. The van der Waals surface area contributed by atoms with Gasteiger partial charge in [0.2, 0.25) is 0 Å². The first-order valence-corrected chi connectivity index (χ1v) is 7.48. The summed E-state index contributed by atoms with van der Waals surface area (Å²) in [6, 6.07) is 10.3. The number of anilines is 1. The Morgan fingerprint density at radius 2 is 1.72 bits per heavy atom. The average molecular weight is 345 g/mol. The molecule has 0 aliphatic heterocycles. The molecule has 0 fully saturated rings. The van der Waals surface area contributed by atoms with Gasteiger partial charge in [0.15, 0.2) is 11.5 Å². The van der Waals surface area contributed by atoms with E-state index in [1.54, 1.807) is 26.4 Å². The number of hydrogen-bond donors (Lipinski definition) is 2. The van der Waals surface area contributed by atoms with Crippen molar-refractivity contribution in [3.05, 3.63) is 58.1 Å². The van der Waals surface area contributed by atoms with E-state index in [0.29, 0.717) is 17.2 Å². The van der Waals surface area contributed by atoms with Crippen LogP contribution in [0, 0.1) is 10.1 Å². The van der Waals surface area contributed by atoms with Crippen LogP contribution in [0.4, 0.5) is 16.2 Å². The zero-order valence-corrected chi connectivity index (χ0v) is 14.1. The van der Waals surface area contributed by atoms with E-state index in [2.05, 4.69) is 10.6 Å². The third-order valence-corrected chi connectivity index (χ3v) is 3.59. The molecule has 0 heterocycles. The van der Waals surface area contributed by atoms with Gasteiger partial charge < -0.3 is 20.1 Å². The van der Waals surface area contributed by atoms with Crippen LogP contribution in [0.2, 0.25) is 0 Å². The number of rotatable bonds is 6. The molecule has 25 heavy (non-hydrogen) atoms. The summed E-state index contributed by atoms with van der Waals surface area (Å²) in [5.74, 6) is 1.18. The highest BCUT2D eigenvalue weighted by atomic mass is 16.6. The lowest BCUT2D eigenvalue weighted by Gasteiger charge is -2.17. The van der Waals surface area contributed by atoms with E-state index in [0.717, 1.165) is 5.56 Å². The maximum Gasteiger partial charge on any atom is 0.319 e. The van der Waals surface area contributed by atoms with Crippen molar-refractivity contribution in [1.82, 2.24) is 5.32 Å². The standard InChI is InChI=1S/C17H19N3O5/c1-11(12-4-9-15(24-2)16(10-12)25-3)18-17(21)19-13-5-7-14(8-6-13)20(22)23/h4-11H,1-3H3,(H2,18,19,21)/t11-/m1/s1. The Morgan fingerprint density at radius 1 is 1.08 bits per heavy atom. The molecule has 0 aliphatic rings. The largest absolute Gasteiger partial charge is 0.493 e. The van der Waals surface area contributed by atoms with Gasteiger partial charge in [0.05, 0.1) is 25.2 Å². The van der Waals surface area contributed by atoms with Gasteiger partial charge in [0, 0.05) is 17.8 Å². The molecule has 2 rings (SSSR count). The molecule has 0 saturated carbocycles. The van der Waals surface area contributed by atoms with E-state index in [1.807, 2.05) is 13.0 Å². The second kappa shape index (κ2) is 8.00. The Labute approximate surface area is 144 Å². The van der Waals surface area contributed by atoms with Crippen LogP contribution in [0.5, 0.6) is 11.5 Å². The third kappa shape index (κ3) is 4.60. The highest BCUT2D eigenvalue weighted by Crippen LogP contribution is 2.29.